The summed E-state index contributed by atoms with van der Waals surface area (Å²) >= 11 is 5.71. The standard InChI is InChI=1S/C12H19ClN4O3/c1-3-4-7-20-8-5-6-14-11-10(17(18)19)9(2)15-12(13)16-11/h3-8H2,1-2H3,(H,14,15,16). The van der Waals surface area contributed by atoms with Crippen LogP contribution in [-0.4, -0.2) is 34.6 Å². The molecule has 0 fully saturated rings. The van der Waals surface area contributed by atoms with E-state index in [4.69, 9.17) is 16.3 Å². The van der Waals surface area contributed by atoms with Gasteiger partial charge in [0.15, 0.2) is 0 Å². The molecule has 1 N–H and O–H groups in total. The number of nitrogens with one attached hydrogen (secondary N) is 1. The third kappa shape index (κ3) is 5.26. The van der Waals surface area contributed by atoms with Crippen LogP contribution in [-0.2, 0) is 4.74 Å². The Morgan fingerprint density at radius 1 is 1.35 bits per heavy atom. The fraction of sp³-hybridized carbons (Fsp3) is 0.667. The fourth-order valence-corrected chi connectivity index (χ4v) is 1.82. The lowest BCUT2D eigenvalue weighted by molar-refractivity contribution is -0.385. The zero-order chi connectivity index (χ0) is 15.0. The molecule has 0 unspecified atom stereocenters. The largest absolute Gasteiger partial charge is 0.381 e. The Bertz CT molecular complexity index is 457. The van der Waals surface area contributed by atoms with Gasteiger partial charge in [-0.1, -0.05) is 13.3 Å². The van der Waals surface area contributed by atoms with Crippen LogP contribution in [0.3, 0.4) is 0 Å². The Morgan fingerprint density at radius 2 is 2.05 bits per heavy atom. The molecule has 1 rings (SSSR count). The number of nitrogens with zero attached hydrogens (tertiary/aromatic N) is 3. The van der Waals surface area contributed by atoms with Crippen molar-refractivity contribution < 1.29 is 9.66 Å². The Hall–Kier alpha value is -1.47. The van der Waals surface area contributed by atoms with Gasteiger partial charge in [-0.25, -0.2) is 4.98 Å². The van der Waals surface area contributed by atoms with Gasteiger partial charge >= 0.3 is 5.69 Å². The highest BCUT2D eigenvalue weighted by atomic mass is 35.5. The summed E-state index contributed by atoms with van der Waals surface area (Å²) in [6.07, 6.45) is 2.88. The summed E-state index contributed by atoms with van der Waals surface area (Å²) in [6.45, 7) is 5.52. The van der Waals surface area contributed by atoms with Crippen molar-refractivity contribution >= 4 is 23.1 Å². The van der Waals surface area contributed by atoms with Crippen LogP contribution in [0.5, 0.6) is 0 Å². The molecule has 0 aliphatic rings. The van der Waals surface area contributed by atoms with E-state index in [0.29, 0.717) is 13.2 Å². The zero-order valence-corrected chi connectivity index (χ0v) is 12.4. The van der Waals surface area contributed by atoms with Crippen LogP contribution in [0.2, 0.25) is 5.28 Å². The predicted octanol–water partition coefficient (Wildman–Crippen LogP) is 2.97. The average Bonchev–Trinajstić information content (AvgIpc) is 2.36. The molecule has 0 amide bonds. The molecule has 0 saturated carbocycles. The van der Waals surface area contributed by atoms with Crippen molar-refractivity contribution in [3.8, 4) is 0 Å². The highest BCUT2D eigenvalue weighted by Gasteiger charge is 2.21. The summed E-state index contributed by atoms with van der Waals surface area (Å²) in [4.78, 5) is 18.1. The quantitative estimate of drug-likeness (QED) is 0.326. The van der Waals surface area contributed by atoms with Gasteiger partial charge < -0.3 is 10.1 Å². The molecule has 0 atom stereocenters. The normalized spacial score (nSPS) is 10.6. The number of aromatic nitrogens is 2. The molecule has 20 heavy (non-hydrogen) atoms. The number of hydrogen-bond acceptors (Lipinski definition) is 6. The maximum absolute atomic E-state index is 11.0. The van der Waals surface area contributed by atoms with Crippen LogP contribution in [0, 0.1) is 17.0 Å². The van der Waals surface area contributed by atoms with E-state index in [-0.39, 0.29) is 22.5 Å². The van der Waals surface area contributed by atoms with Crippen molar-refractivity contribution in [3.05, 3.63) is 21.1 Å². The molecule has 8 heteroatoms. The van der Waals surface area contributed by atoms with Crippen molar-refractivity contribution in [2.75, 3.05) is 25.1 Å². The monoisotopic (exact) mass is 302 g/mol. The van der Waals surface area contributed by atoms with Gasteiger partial charge in [-0.3, -0.25) is 10.1 Å². The van der Waals surface area contributed by atoms with E-state index in [1.807, 2.05) is 0 Å². The molecule has 0 aliphatic heterocycles. The fourth-order valence-electron chi connectivity index (χ4n) is 1.60. The molecular formula is C12H19ClN4O3. The molecule has 0 spiro atoms. The molecule has 1 aromatic heterocycles. The van der Waals surface area contributed by atoms with Crippen molar-refractivity contribution in [3.63, 3.8) is 0 Å². The first-order valence-corrected chi connectivity index (χ1v) is 6.94. The number of halogens is 1. The van der Waals surface area contributed by atoms with Crippen molar-refractivity contribution in [1.29, 1.82) is 0 Å². The molecule has 1 heterocycles. The van der Waals surface area contributed by atoms with E-state index in [9.17, 15) is 10.1 Å². The molecule has 0 radical (unpaired) electrons. The van der Waals surface area contributed by atoms with Crippen LogP contribution >= 0.6 is 11.6 Å². The lowest BCUT2D eigenvalue weighted by Crippen LogP contribution is -2.11. The predicted molar refractivity (Wildman–Crippen MR) is 77.3 cm³/mol. The highest BCUT2D eigenvalue weighted by molar-refractivity contribution is 6.28. The molecule has 0 saturated heterocycles. The first-order valence-electron chi connectivity index (χ1n) is 6.56. The summed E-state index contributed by atoms with van der Waals surface area (Å²) in [5, 5.41) is 13.9. The van der Waals surface area contributed by atoms with Crippen molar-refractivity contribution in [2.24, 2.45) is 0 Å². The van der Waals surface area contributed by atoms with Gasteiger partial charge in [0.2, 0.25) is 11.1 Å². The second-order valence-electron chi connectivity index (χ2n) is 4.28. The summed E-state index contributed by atoms with van der Waals surface area (Å²) < 4.78 is 5.40. The second-order valence-corrected chi connectivity index (χ2v) is 4.62. The third-order valence-corrected chi connectivity index (χ3v) is 2.78. The van der Waals surface area contributed by atoms with Gasteiger partial charge in [-0.05, 0) is 31.4 Å². The number of unbranched alkanes of at least 4 members (excludes halogenated alkanes) is 1. The van der Waals surface area contributed by atoms with Crippen LogP contribution in [0.4, 0.5) is 11.5 Å². The van der Waals surface area contributed by atoms with Gasteiger partial charge in [-0.2, -0.15) is 4.98 Å². The third-order valence-electron chi connectivity index (χ3n) is 2.61. The molecule has 0 aromatic carbocycles. The number of ether oxygens (including phenoxy) is 1. The molecular weight excluding hydrogens is 284 g/mol. The minimum Gasteiger partial charge on any atom is -0.381 e. The summed E-state index contributed by atoms with van der Waals surface area (Å²) in [6, 6.07) is 0. The Labute approximate surface area is 122 Å². The van der Waals surface area contributed by atoms with Crippen LogP contribution in [0.1, 0.15) is 31.9 Å². The van der Waals surface area contributed by atoms with Crippen LogP contribution in [0.15, 0.2) is 0 Å². The lowest BCUT2D eigenvalue weighted by atomic mass is 10.3. The van der Waals surface area contributed by atoms with E-state index in [1.165, 1.54) is 6.92 Å². The maximum Gasteiger partial charge on any atom is 0.332 e. The minimum atomic E-state index is -0.508. The Morgan fingerprint density at radius 3 is 2.70 bits per heavy atom. The smallest absolute Gasteiger partial charge is 0.332 e. The van der Waals surface area contributed by atoms with E-state index in [0.717, 1.165) is 25.9 Å². The SMILES string of the molecule is CCCCOCCCNc1nc(Cl)nc(C)c1[N+](=O)[O-]. The first kappa shape index (κ1) is 16.6. The lowest BCUT2D eigenvalue weighted by Gasteiger charge is -2.08. The van der Waals surface area contributed by atoms with Gasteiger partial charge in [0.1, 0.15) is 5.69 Å². The molecule has 112 valence electrons. The van der Waals surface area contributed by atoms with Gasteiger partial charge in [0.05, 0.1) is 4.92 Å². The van der Waals surface area contributed by atoms with E-state index < -0.39 is 4.92 Å². The summed E-state index contributed by atoms with van der Waals surface area (Å²) in [7, 11) is 0. The molecule has 0 aliphatic carbocycles. The Kier molecular flexibility index (Phi) is 7.17. The number of rotatable bonds is 9. The van der Waals surface area contributed by atoms with Crippen LogP contribution in [0.25, 0.3) is 0 Å². The Balaban J connectivity index is 2.49. The summed E-state index contributed by atoms with van der Waals surface area (Å²) in [5.41, 5.74) is 0.109. The average molecular weight is 303 g/mol. The molecule has 7 nitrogen and oxygen atoms in total. The topological polar surface area (TPSA) is 90.2 Å². The van der Waals surface area contributed by atoms with Gasteiger partial charge in [-0.15, -0.1) is 0 Å². The van der Waals surface area contributed by atoms with Gasteiger partial charge in [0, 0.05) is 19.8 Å². The summed E-state index contributed by atoms with van der Waals surface area (Å²) in [5.74, 6) is 0.154. The van der Waals surface area contributed by atoms with Crippen molar-refractivity contribution in [1.82, 2.24) is 9.97 Å². The number of nitro groups is 1. The zero-order valence-electron chi connectivity index (χ0n) is 11.7. The highest BCUT2D eigenvalue weighted by Crippen LogP contribution is 2.26. The second kappa shape index (κ2) is 8.65. The number of anilines is 1. The van der Waals surface area contributed by atoms with E-state index in [2.05, 4.69) is 22.2 Å². The van der Waals surface area contributed by atoms with E-state index >= 15 is 0 Å². The van der Waals surface area contributed by atoms with Gasteiger partial charge in [0.25, 0.3) is 0 Å². The molecule has 1 aromatic rings. The van der Waals surface area contributed by atoms with E-state index in [1.54, 1.807) is 0 Å². The maximum atomic E-state index is 11.0. The minimum absolute atomic E-state index is 0.00482. The molecule has 0 bridgehead atoms. The number of aryl methyl sites for hydroxylation is 1. The number of hydrogen-bond donors (Lipinski definition) is 1. The van der Waals surface area contributed by atoms with Crippen molar-refractivity contribution in [2.45, 2.75) is 33.1 Å². The van der Waals surface area contributed by atoms with Crippen LogP contribution < -0.4 is 5.32 Å². The first-order chi connectivity index (χ1) is 9.56.